The fraction of sp³-hybridized carbons (Fsp3) is 0.412. The van der Waals surface area contributed by atoms with Crippen molar-refractivity contribution >= 4 is 5.91 Å². The summed E-state index contributed by atoms with van der Waals surface area (Å²) >= 11 is 0. The molecule has 0 bridgehead atoms. The number of benzene rings is 1. The number of rotatable bonds is 4. The predicted molar refractivity (Wildman–Crippen MR) is 81.4 cm³/mol. The molecule has 6 heteroatoms. The standard InChI is InChI=1S/C17H19FN2O3/c1-12-9-19-16(23-12)17(21)20-8-4-6-14(10-20)22-11-13-5-2-3-7-15(13)18/h2-3,5,7,9,14H,4,6,8,10-11H2,1H3/t14-/m0/s1. The minimum absolute atomic E-state index is 0.108. The van der Waals surface area contributed by atoms with Gasteiger partial charge in [-0.1, -0.05) is 18.2 Å². The van der Waals surface area contributed by atoms with Gasteiger partial charge < -0.3 is 14.1 Å². The first-order chi connectivity index (χ1) is 11.1. The highest BCUT2D eigenvalue weighted by molar-refractivity contribution is 5.89. The Morgan fingerprint density at radius 1 is 1.48 bits per heavy atom. The van der Waals surface area contributed by atoms with Crippen LogP contribution in [0, 0.1) is 12.7 Å². The lowest BCUT2D eigenvalue weighted by molar-refractivity contribution is -0.00864. The van der Waals surface area contributed by atoms with Crippen molar-refractivity contribution in [2.24, 2.45) is 0 Å². The summed E-state index contributed by atoms with van der Waals surface area (Å²) in [5.41, 5.74) is 0.527. The van der Waals surface area contributed by atoms with Crippen LogP contribution in [-0.2, 0) is 11.3 Å². The fourth-order valence-electron chi connectivity index (χ4n) is 2.67. The number of nitrogens with zero attached hydrogens (tertiary/aromatic N) is 2. The molecule has 0 N–H and O–H groups in total. The summed E-state index contributed by atoms with van der Waals surface area (Å²) in [6.45, 7) is 3.08. The highest BCUT2D eigenvalue weighted by atomic mass is 19.1. The minimum atomic E-state index is -0.272. The molecule has 1 atom stereocenters. The van der Waals surface area contributed by atoms with Gasteiger partial charge in [0.25, 0.3) is 5.89 Å². The summed E-state index contributed by atoms with van der Waals surface area (Å²) in [7, 11) is 0. The van der Waals surface area contributed by atoms with Crippen molar-refractivity contribution in [3.8, 4) is 0 Å². The van der Waals surface area contributed by atoms with Crippen molar-refractivity contribution < 1.29 is 18.3 Å². The topological polar surface area (TPSA) is 55.6 Å². The molecule has 0 saturated carbocycles. The number of carbonyl (C=O) groups is 1. The number of likely N-dealkylation sites (tertiary alicyclic amines) is 1. The second kappa shape index (κ2) is 6.91. The Morgan fingerprint density at radius 2 is 2.30 bits per heavy atom. The first-order valence-corrected chi connectivity index (χ1v) is 7.70. The number of hydrogen-bond donors (Lipinski definition) is 0. The molecule has 23 heavy (non-hydrogen) atoms. The molecule has 1 saturated heterocycles. The Labute approximate surface area is 134 Å². The molecule has 1 amide bonds. The Kier molecular flexibility index (Phi) is 4.71. The number of amides is 1. The maximum Gasteiger partial charge on any atom is 0.309 e. The van der Waals surface area contributed by atoms with E-state index in [9.17, 15) is 9.18 Å². The molecule has 1 aromatic carbocycles. The van der Waals surface area contributed by atoms with Gasteiger partial charge in [0.05, 0.1) is 18.9 Å². The van der Waals surface area contributed by atoms with Crippen LogP contribution in [0.5, 0.6) is 0 Å². The summed E-state index contributed by atoms with van der Waals surface area (Å²) in [6.07, 6.45) is 3.11. The lowest BCUT2D eigenvalue weighted by Gasteiger charge is -2.31. The average Bonchev–Trinajstić information content (AvgIpc) is 3.00. The van der Waals surface area contributed by atoms with E-state index in [-0.39, 0.29) is 30.3 Å². The SMILES string of the molecule is Cc1cnc(C(=O)N2CCC[C@H](OCc3ccccc3F)C2)o1. The molecule has 0 aliphatic carbocycles. The summed E-state index contributed by atoms with van der Waals surface area (Å²) in [6, 6.07) is 6.55. The summed E-state index contributed by atoms with van der Waals surface area (Å²) in [4.78, 5) is 18.0. The van der Waals surface area contributed by atoms with Crippen LogP contribution < -0.4 is 0 Å². The van der Waals surface area contributed by atoms with Crippen molar-refractivity contribution in [1.29, 1.82) is 0 Å². The number of carbonyl (C=O) groups excluding carboxylic acids is 1. The third kappa shape index (κ3) is 3.76. The molecule has 0 spiro atoms. The number of hydrogen-bond acceptors (Lipinski definition) is 4. The zero-order valence-electron chi connectivity index (χ0n) is 13.0. The van der Waals surface area contributed by atoms with Gasteiger partial charge in [0.15, 0.2) is 0 Å². The van der Waals surface area contributed by atoms with Crippen LogP contribution in [0.4, 0.5) is 4.39 Å². The van der Waals surface area contributed by atoms with E-state index in [1.54, 1.807) is 30.0 Å². The van der Waals surface area contributed by atoms with Crippen LogP contribution in [0.2, 0.25) is 0 Å². The van der Waals surface area contributed by atoms with Gasteiger partial charge >= 0.3 is 5.91 Å². The highest BCUT2D eigenvalue weighted by Crippen LogP contribution is 2.18. The Morgan fingerprint density at radius 3 is 3.04 bits per heavy atom. The molecule has 1 fully saturated rings. The fourth-order valence-corrected chi connectivity index (χ4v) is 2.67. The maximum absolute atomic E-state index is 13.6. The number of ether oxygens (including phenoxy) is 1. The van der Waals surface area contributed by atoms with Gasteiger partial charge in [0.2, 0.25) is 0 Å². The van der Waals surface area contributed by atoms with Crippen molar-refractivity contribution in [2.75, 3.05) is 13.1 Å². The minimum Gasteiger partial charge on any atom is -0.438 e. The highest BCUT2D eigenvalue weighted by Gasteiger charge is 2.27. The summed E-state index contributed by atoms with van der Waals surface area (Å²) < 4.78 is 24.7. The van der Waals surface area contributed by atoms with Crippen LogP contribution in [0.3, 0.4) is 0 Å². The first kappa shape index (κ1) is 15.7. The molecule has 3 rings (SSSR count). The van der Waals surface area contributed by atoms with Crippen LogP contribution in [0.15, 0.2) is 34.9 Å². The smallest absolute Gasteiger partial charge is 0.309 e. The Balaban J connectivity index is 1.58. The number of aromatic nitrogens is 1. The Hall–Kier alpha value is -2.21. The van der Waals surface area contributed by atoms with E-state index in [0.717, 1.165) is 12.8 Å². The summed E-state index contributed by atoms with van der Waals surface area (Å²) in [5, 5.41) is 0. The monoisotopic (exact) mass is 318 g/mol. The number of oxazole rings is 1. The maximum atomic E-state index is 13.6. The first-order valence-electron chi connectivity index (χ1n) is 7.70. The van der Waals surface area contributed by atoms with Gasteiger partial charge in [-0.05, 0) is 25.8 Å². The van der Waals surface area contributed by atoms with E-state index in [4.69, 9.17) is 9.15 Å². The van der Waals surface area contributed by atoms with Gasteiger partial charge in [-0.25, -0.2) is 9.37 Å². The van der Waals surface area contributed by atoms with Crippen LogP contribution in [-0.4, -0.2) is 35.0 Å². The van der Waals surface area contributed by atoms with Gasteiger partial charge in [0.1, 0.15) is 11.6 Å². The molecule has 0 radical (unpaired) electrons. The molecule has 0 unspecified atom stereocenters. The van der Waals surface area contributed by atoms with E-state index < -0.39 is 0 Å². The molecule has 2 heterocycles. The second-order valence-corrected chi connectivity index (χ2v) is 5.69. The van der Waals surface area contributed by atoms with Gasteiger partial charge in [-0.15, -0.1) is 0 Å². The molecule has 1 aromatic heterocycles. The molecule has 5 nitrogen and oxygen atoms in total. The van der Waals surface area contributed by atoms with Crippen molar-refractivity contribution in [3.63, 3.8) is 0 Å². The Bertz CT molecular complexity index is 686. The largest absolute Gasteiger partial charge is 0.438 e. The van der Waals surface area contributed by atoms with E-state index >= 15 is 0 Å². The van der Waals surface area contributed by atoms with Crippen molar-refractivity contribution in [2.45, 2.75) is 32.5 Å². The molecular weight excluding hydrogens is 299 g/mol. The van der Waals surface area contributed by atoms with Gasteiger partial charge in [0, 0.05) is 18.7 Å². The zero-order valence-corrected chi connectivity index (χ0v) is 13.0. The quantitative estimate of drug-likeness (QED) is 0.870. The van der Waals surface area contributed by atoms with Crippen LogP contribution in [0.25, 0.3) is 0 Å². The number of aryl methyl sites for hydroxylation is 1. The molecule has 1 aliphatic heterocycles. The predicted octanol–water partition coefficient (Wildman–Crippen LogP) is 2.94. The third-order valence-corrected chi connectivity index (χ3v) is 3.90. The number of piperidine rings is 1. The van der Waals surface area contributed by atoms with E-state index in [1.807, 2.05) is 0 Å². The van der Waals surface area contributed by atoms with Crippen LogP contribution >= 0.6 is 0 Å². The van der Waals surface area contributed by atoms with E-state index in [1.165, 1.54) is 12.3 Å². The average molecular weight is 318 g/mol. The molecule has 2 aromatic rings. The molecule has 1 aliphatic rings. The molecular formula is C17H19FN2O3. The third-order valence-electron chi connectivity index (χ3n) is 3.90. The van der Waals surface area contributed by atoms with Gasteiger partial charge in [-0.2, -0.15) is 0 Å². The van der Waals surface area contributed by atoms with Crippen LogP contribution in [0.1, 0.15) is 34.9 Å². The van der Waals surface area contributed by atoms with E-state index in [0.29, 0.717) is 24.4 Å². The normalized spacial score (nSPS) is 18.2. The zero-order chi connectivity index (χ0) is 16.2. The van der Waals surface area contributed by atoms with Gasteiger partial charge in [-0.3, -0.25) is 4.79 Å². The van der Waals surface area contributed by atoms with Crippen molar-refractivity contribution in [3.05, 3.63) is 53.5 Å². The lowest BCUT2D eigenvalue weighted by atomic mass is 10.1. The van der Waals surface area contributed by atoms with Crippen molar-refractivity contribution in [1.82, 2.24) is 9.88 Å². The molecule has 122 valence electrons. The second-order valence-electron chi connectivity index (χ2n) is 5.69. The van der Waals surface area contributed by atoms with E-state index in [2.05, 4.69) is 4.98 Å². The lowest BCUT2D eigenvalue weighted by Crippen LogP contribution is -2.43. The summed E-state index contributed by atoms with van der Waals surface area (Å²) in [5.74, 6) is 0.221. The number of halogens is 1.